The molecule has 37 heavy (non-hydrogen) atoms. The average Bonchev–Trinajstić information content (AvgIpc) is 3.31. The van der Waals surface area contributed by atoms with Gasteiger partial charge in [-0.15, -0.1) is 0 Å². The van der Waals surface area contributed by atoms with Crippen LogP contribution in [0.4, 0.5) is 5.13 Å². The highest BCUT2D eigenvalue weighted by atomic mass is 32.2. The van der Waals surface area contributed by atoms with Crippen molar-refractivity contribution in [3.05, 3.63) is 53.1 Å². The molecule has 0 saturated carbocycles. The van der Waals surface area contributed by atoms with Crippen LogP contribution in [0.3, 0.4) is 0 Å². The Morgan fingerprint density at radius 1 is 0.919 bits per heavy atom. The van der Waals surface area contributed by atoms with Crippen LogP contribution < -0.4 is 4.90 Å². The van der Waals surface area contributed by atoms with Crippen LogP contribution in [0.2, 0.25) is 0 Å². The molecule has 0 spiro atoms. The zero-order valence-corrected chi connectivity index (χ0v) is 24.0. The number of hydrogen-bond donors (Lipinski definition) is 0. The Labute approximate surface area is 223 Å². The third-order valence-electron chi connectivity index (χ3n) is 6.15. The number of thiazole rings is 1. The van der Waals surface area contributed by atoms with E-state index in [4.69, 9.17) is 14.5 Å². The summed E-state index contributed by atoms with van der Waals surface area (Å²) < 4.78 is 38.9. The van der Waals surface area contributed by atoms with Crippen molar-refractivity contribution in [3.63, 3.8) is 0 Å². The average molecular weight is 549 g/mol. The summed E-state index contributed by atoms with van der Waals surface area (Å²) in [6.45, 7) is 6.13. The Hall–Kier alpha value is -2.41. The fraction of sp³-hybridized carbons (Fsp3) is 0.462. The van der Waals surface area contributed by atoms with E-state index in [1.54, 1.807) is 17.0 Å². The summed E-state index contributed by atoms with van der Waals surface area (Å²) in [4.78, 5) is 22.3. The van der Waals surface area contributed by atoms with Gasteiger partial charge in [-0.3, -0.25) is 9.69 Å². The highest BCUT2D eigenvalue weighted by molar-refractivity contribution is 7.89. The van der Waals surface area contributed by atoms with Gasteiger partial charge in [-0.2, -0.15) is 4.31 Å². The lowest BCUT2D eigenvalue weighted by Crippen LogP contribution is -2.37. The molecule has 0 aliphatic carbocycles. The molecule has 0 N–H and O–H groups in total. The molecule has 0 unspecified atom stereocenters. The number of sulfonamides is 1. The first-order chi connectivity index (χ1) is 17.6. The number of hydrogen-bond acceptors (Lipinski definition) is 8. The summed E-state index contributed by atoms with van der Waals surface area (Å²) in [6.07, 6.45) is 0. The first-order valence-corrected chi connectivity index (χ1v) is 14.3. The van der Waals surface area contributed by atoms with Gasteiger partial charge in [-0.1, -0.05) is 17.4 Å². The summed E-state index contributed by atoms with van der Waals surface area (Å²) >= 11 is 1.48. The molecule has 0 bridgehead atoms. The maximum atomic E-state index is 13.6. The molecule has 0 aliphatic heterocycles. The Morgan fingerprint density at radius 2 is 1.54 bits per heavy atom. The van der Waals surface area contributed by atoms with Gasteiger partial charge in [0, 0.05) is 46.0 Å². The van der Waals surface area contributed by atoms with E-state index in [0.29, 0.717) is 23.8 Å². The normalized spacial score (nSPS) is 12.1. The van der Waals surface area contributed by atoms with Crippen molar-refractivity contribution in [2.45, 2.75) is 18.7 Å². The van der Waals surface area contributed by atoms with Gasteiger partial charge in [0.05, 0.1) is 28.3 Å². The van der Waals surface area contributed by atoms with Crippen LogP contribution >= 0.6 is 11.3 Å². The number of ether oxygens (including phenoxy) is 2. The van der Waals surface area contributed by atoms with E-state index in [1.165, 1.54) is 42.0 Å². The number of carbonyl (C=O) groups is 1. The summed E-state index contributed by atoms with van der Waals surface area (Å²) in [5, 5.41) is 0.623. The maximum Gasteiger partial charge on any atom is 0.260 e. The van der Waals surface area contributed by atoms with Crippen molar-refractivity contribution in [2.24, 2.45) is 0 Å². The minimum absolute atomic E-state index is 0.113. The highest BCUT2D eigenvalue weighted by Gasteiger charge is 2.26. The Balaban J connectivity index is 1.91. The third-order valence-corrected chi connectivity index (χ3v) is 9.11. The van der Waals surface area contributed by atoms with Crippen LogP contribution in [-0.2, 0) is 19.5 Å². The molecule has 0 radical (unpaired) electrons. The minimum atomic E-state index is -3.78. The van der Waals surface area contributed by atoms with Crippen molar-refractivity contribution < 1.29 is 22.7 Å². The van der Waals surface area contributed by atoms with Gasteiger partial charge >= 0.3 is 0 Å². The molecule has 0 aliphatic rings. The highest BCUT2D eigenvalue weighted by Crippen LogP contribution is 2.32. The van der Waals surface area contributed by atoms with E-state index in [0.717, 1.165) is 21.3 Å². The van der Waals surface area contributed by atoms with Crippen molar-refractivity contribution in [1.29, 1.82) is 0 Å². The van der Waals surface area contributed by atoms with Gasteiger partial charge in [0.2, 0.25) is 10.0 Å². The number of aryl methyl sites for hydroxylation is 2. The molecule has 1 amide bonds. The van der Waals surface area contributed by atoms with E-state index in [1.807, 2.05) is 38.9 Å². The van der Waals surface area contributed by atoms with Gasteiger partial charge < -0.3 is 14.4 Å². The predicted molar refractivity (Wildman–Crippen MR) is 148 cm³/mol. The summed E-state index contributed by atoms with van der Waals surface area (Å²) in [6, 6.07) is 10.2. The molecule has 1 aromatic heterocycles. The Kier molecular flexibility index (Phi) is 10.2. The predicted octanol–water partition coefficient (Wildman–Crippen LogP) is 3.41. The molecule has 3 aromatic rings. The first-order valence-electron chi connectivity index (χ1n) is 12.0. The van der Waals surface area contributed by atoms with Crippen LogP contribution in [0.5, 0.6) is 0 Å². The summed E-state index contributed by atoms with van der Waals surface area (Å²) in [7, 11) is 3.18. The monoisotopic (exact) mass is 548 g/mol. The number of amides is 1. The molecular formula is C26H36N4O5S2. The SMILES string of the molecule is COCCN(CCOC)S(=O)(=O)c1ccc(C(=O)N(CCN(C)C)c2nc3c(C)c(C)ccc3s2)cc1. The van der Waals surface area contributed by atoms with Crippen molar-refractivity contribution in [3.8, 4) is 0 Å². The van der Waals surface area contributed by atoms with Crippen LogP contribution in [0.1, 0.15) is 21.5 Å². The zero-order valence-electron chi connectivity index (χ0n) is 22.4. The van der Waals surface area contributed by atoms with E-state index in [2.05, 4.69) is 6.07 Å². The number of aromatic nitrogens is 1. The molecule has 0 fully saturated rings. The largest absolute Gasteiger partial charge is 0.383 e. The third kappa shape index (κ3) is 6.92. The second kappa shape index (κ2) is 12.9. The lowest BCUT2D eigenvalue weighted by atomic mass is 10.1. The molecule has 1 heterocycles. The second-order valence-corrected chi connectivity index (χ2v) is 12.0. The topological polar surface area (TPSA) is 92.3 Å². The van der Waals surface area contributed by atoms with Gasteiger partial charge in [-0.25, -0.2) is 13.4 Å². The van der Waals surface area contributed by atoms with Crippen LogP contribution in [0, 0.1) is 13.8 Å². The van der Waals surface area contributed by atoms with Gasteiger partial charge in [0.1, 0.15) is 0 Å². The van der Waals surface area contributed by atoms with Crippen molar-refractivity contribution >= 4 is 42.6 Å². The van der Waals surface area contributed by atoms with Gasteiger partial charge in [-0.05, 0) is 69.4 Å². The van der Waals surface area contributed by atoms with Crippen LogP contribution in [-0.4, -0.2) is 96.2 Å². The maximum absolute atomic E-state index is 13.6. The second-order valence-electron chi connectivity index (χ2n) is 9.02. The summed E-state index contributed by atoms with van der Waals surface area (Å²) in [5.41, 5.74) is 3.54. The number of carbonyl (C=O) groups excluding carboxylic acids is 1. The van der Waals surface area contributed by atoms with Crippen LogP contribution in [0.25, 0.3) is 10.2 Å². The lowest BCUT2D eigenvalue weighted by molar-refractivity contribution is 0.0985. The Bertz CT molecular complexity index is 1300. The smallest absolute Gasteiger partial charge is 0.260 e. The zero-order chi connectivity index (χ0) is 27.2. The number of nitrogens with zero attached hydrogens (tertiary/aromatic N) is 4. The number of methoxy groups -OCH3 is 2. The number of benzene rings is 2. The van der Waals surface area contributed by atoms with Crippen molar-refractivity contribution in [1.82, 2.24) is 14.2 Å². The number of rotatable bonds is 13. The minimum Gasteiger partial charge on any atom is -0.383 e. The lowest BCUT2D eigenvalue weighted by Gasteiger charge is -2.23. The standard InChI is InChI=1S/C26H36N4O5S2/c1-19-7-12-23-24(20(19)2)27-26(36-23)30(14-13-28(3)4)25(31)21-8-10-22(11-9-21)37(32,33)29(15-17-34-5)16-18-35-6/h7-12H,13-18H2,1-6H3. The number of likely N-dealkylation sites (N-methyl/N-ethyl adjacent to an activating group) is 1. The number of fused-ring (bicyclic) bond motifs is 1. The fourth-order valence-electron chi connectivity index (χ4n) is 3.73. The number of anilines is 1. The van der Waals surface area contributed by atoms with Gasteiger partial charge in [0.15, 0.2) is 5.13 Å². The quantitative estimate of drug-likeness (QED) is 0.323. The molecule has 202 valence electrons. The molecule has 0 saturated heterocycles. The van der Waals surface area contributed by atoms with Crippen LogP contribution in [0.15, 0.2) is 41.3 Å². The Morgan fingerprint density at radius 3 is 2.11 bits per heavy atom. The van der Waals surface area contributed by atoms with Crippen molar-refractivity contribution in [2.75, 3.05) is 72.6 Å². The van der Waals surface area contributed by atoms with E-state index >= 15 is 0 Å². The summed E-state index contributed by atoms with van der Waals surface area (Å²) in [5.74, 6) is -0.227. The van der Waals surface area contributed by atoms with E-state index < -0.39 is 10.0 Å². The molecule has 11 heteroatoms. The van der Waals surface area contributed by atoms with Gasteiger partial charge in [0.25, 0.3) is 5.91 Å². The molecule has 9 nitrogen and oxygen atoms in total. The van der Waals surface area contributed by atoms with E-state index in [-0.39, 0.29) is 37.1 Å². The molecule has 0 atom stereocenters. The first kappa shape index (κ1) is 29.2. The molecular weight excluding hydrogens is 512 g/mol. The van der Waals surface area contributed by atoms with E-state index in [9.17, 15) is 13.2 Å². The fourth-order valence-corrected chi connectivity index (χ4v) is 6.18. The molecule has 3 rings (SSSR count). The molecule has 2 aromatic carbocycles.